The third-order valence-corrected chi connectivity index (χ3v) is 0.864. The van der Waals surface area contributed by atoms with Crippen molar-refractivity contribution in [1.29, 1.82) is 0 Å². The summed E-state index contributed by atoms with van der Waals surface area (Å²) in [6, 6.07) is 0. The summed E-state index contributed by atoms with van der Waals surface area (Å²) < 4.78 is 51.7. The molecule has 0 fully saturated rings. The maximum absolute atomic E-state index is 11.2. The van der Waals surface area contributed by atoms with E-state index in [0.29, 0.717) is 0 Å². The first-order valence-electron chi connectivity index (χ1n) is 3.10. The number of rotatable bonds is 6. The molecular formula is C2B2F4O8. The summed E-state index contributed by atoms with van der Waals surface area (Å²) in [4.78, 5) is 31.1. The van der Waals surface area contributed by atoms with Crippen molar-refractivity contribution < 1.29 is 56.4 Å². The van der Waals surface area contributed by atoms with Crippen LogP contribution < -0.4 is 0 Å². The lowest BCUT2D eigenvalue weighted by Gasteiger charge is -2.05. The molecule has 8 nitrogen and oxygen atoms in total. The van der Waals surface area contributed by atoms with Crippen molar-refractivity contribution in [2.24, 2.45) is 0 Å². The Morgan fingerprint density at radius 2 is 0.938 bits per heavy atom. The molecule has 0 amide bonds. The molecule has 0 aromatic heterocycles. The monoisotopic (exact) mass is 250 g/mol. The summed E-state index contributed by atoms with van der Waals surface area (Å²) in [7, 11) is -5.59. The van der Waals surface area contributed by atoms with Gasteiger partial charge in [0.1, 0.15) is 0 Å². The molecule has 0 aliphatic rings. The van der Waals surface area contributed by atoms with Gasteiger partial charge >= 0.3 is 26.6 Å². The van der Waals surface area contributed by atoms with Gasteiger partial charge in [-0.15, -0.1) is 0 Å². The summed E-state index contributed by atoms with van der Waals surface area (Å²) in [6.45, 7) is 0. The zero-order valence-electron chi connectivity index (χ0n) is 6.93. The summed E-state index contributed by atoms with van der Waals surface area (Å²) >= 11 is 0. The molecule has 16 heavy (non-hydrogen) atoms. The highest BCUT2D eigenvalue weighted by Gasteiger charge is 2.38. The molecule has 0 saturated carbocycles. The van der Waals surface area contributed by atoms with E-state index in [9.17, 15) is 27.7 Å². The maximum Gasteiger partial charge on any atom is 0.781 e. The number of carbonyl (C=O) groups is 2. The van der Waals surface area contributed by atoms with Crippen LogP contribution in [0, 0.1) is 0 Å². The Morgan fingerprint density at radius 3 is 1.12 bits per heavy atom. The molecule has 0 aromatic carbocycles. The highest BCUT2D eigenvalue weighted by molar-refractivity contribution is 6.49. The molecule has 0 atom stereocenters. The lowest BCUT2D eigenvalue weighted by Crippen LogP contribution is -2.34. The van der Waals surface area contributed by atoms with Crippen LogP contribution in [0.3, 0.4) is 0 Å². The van der Waals surface area contributed by atoms with Crippen molar-refractivity contribution in [1.82, 2.24) is 0 Å². The third kappa shape index (κ3) is 4.92. The zero-order valence-corrected chi connectivity index (χ0v) is 6.93. The predicted octanol–water partition coefficient (Wildman–Crippen LogP) is -0.353. The second-order valence-corrected chi connectivity index (χ2v) is 1.74. The van der Waals surface area contributed by atoms with Gasteiger partial charge < -0.3 is 9.31 Å². The third-order valence-electron chi connectivity index (χ3n) is 0.864. The maximum atomic E-state index is 11.2. The molecule has 14 heteroatoms. The molecule has 0 N–H and O–H groups in total. The fourth-order valence-electron chi connectivity index (χ4n) is 0.371. The summed E-state index contributed by atoms with van der Waals surface area (Å²) in [5.74, 6) is -4.20. The first-order valence-corrected chi connectivity index (χ1v) is 3.10. The molecule has 0 radical (unpaired) electrons. The van der Waals surface area contributed by atoms with Crippen LogP contribution in [0.2, 0.25) is 0 Å². The summed E-state index contributed by atoms with van der Waals surface area (Å²) in [6.07, 6.45) is 0. The molecule has 0 aromatic rings. The van der Waals surface area contributed by atoms with Crippen molar-refractivity contribution in [3.8, 4) is 0 Å². The van der Waals surface area contributed by atoms with E-state index in [0.717, 1.165) is 0 Å². The number of hydrogen-bond acceptors (Lipinski definition) is 8. The van der Waals surface area contributed by atoms with E-state index >= 15 is 0 Å². The Hall–Kier alpha value is -1.37. The normalized spacial score (nSPS) is 9.50. The molecule has 0 bridgehead atoms. The SMILES string of the molecule is O=C(OB(OF)OF)C(=O)OB(OF)OF. The highest BCUT2D eigenvalue weighted by Crippen LogP contribution is 1.99. The van der Waals surface area contributed by atoms with Crippen molar-refractivity contribution >= 4 is 26.6 Å². The zero-order chi connectivity index (χ0) is 12.6. The molecule has 0 aliphatic heterocycles. The van der Waals surface area contributed by atoms with Gasteiger partial charge in [0.15, 0.2) is 0 Å². The average molecular weight is 250 g/mol. The van der Waals surface area contributed by atoms with Gasteiger partial charge in [-0.25, -0.2) is 9.59 Å². The highest BCUT2D eigenvalue weighted by atomic mass is 19.3. The minimum absolute atomic E-state index is 2.10. The fourth-order valence-corrected chi connectivity index (χ4v) is 0.371. The Labute approximate surface area is 84.2 Å². The number of halogens is 4. The Balaban J connectivity index is 4.12. The van der Waals surface area contributed by atoms with Crippen molar-refractivity contribution in [2.75, 3.05) is 0 Å². The smallest absolute Gasteiger partial charge is 0.473 e. The van der Waals surface area contributed by atoms with E-state index in [2.05, 4.69) is 28.7 Å². The Kier molecular flexibility index (Phi) is 7.19. The van der Waals surface area contributed by atoms with Crippen LogP contribution in [0.25, 0.3) is 0 Å². The van der Waals surface area contributed by atoms with E-state index in [1.807, 2.05) is 0 Å². The van der Waals surface area contributed by atoms with E-state index in [1.54, 1.807) is 0 Å². The first-order chi connectivity index (χ1) is 7.58. The van der Waals surface area contributed by atoms with E-state index in [1.165, 1.54) is 0 Å². The summed E-state index contributed by atoms with van der Waals surface area (Å²) in [5, 5.41) is 0. The van der Waals surface area contributed by atoms with Crippen LogP contribution in [-0.2, 0) is 38.3 Å². The minimum atomic E-state index is -2.80. The molecular weight excluding hydrogens is 250 g/mol. The molecule has 90 valence electrons. The minimum Gasteiger partial charge on any atom is -0.473 e. The Morgan fingerprint density at radius 1 is 0.688 bits per heavy atom. The van der Waals surface area contributed by atoms with Crippen LogP contribution >= 0.6 is 0 Å². The molecule has 0 spiro atoms. The van der Waals surface area contributed by atoms with Gasteiger partial charge in [0.2, 0.25) is 0 Å². The van der Waals surface area contributed by atoms with Crippen LogP contribution in [0.4, 0.5) is 18.1 Å². The molecule has 0 rings (SSSR count). The predicted molar refractivity (Wildman–Crippen MR) is 32.5 cm³/mol. The molecule has 0 saturated heterocycles. The average Bonchev–Trinajstić information content (AvgIpc) is 2.32. The largest absolute Gasteiger partial charge is 0.781 e. The summed E-state index contributed by atoms with van der Waals surface area (Å²) in [5.41, 5.74) is 0. The second kappa shape index (κ2) is 7.86. The van der Waals surface area contributed by atoms with Gasteiger partial charge in [-0.05, 0) is 0 Å². The quantitative estimate of drug-likeness (QED) is 0.358. The van der Waals surface area contributed by atoms with Gasteiger partial charge in [0.25, 0.3) is 0 Å². The van der Waals surface area contributed by atoms with Crippen molar-refractivity contribution in [3.05, 3.63) is 0 Å². The molecule has 0 heterocycles. The Bertz CT molecular complexity index is 208. The lowest BCUT2D eigenvalue weighted by atomic mass is 10.2. The van der Waals surface area contributed by atoms with Gasteiger partial charge in [0, 0.05) is 0 Å². The van der Waals surface area contributed by atoms with E-state index < -0.39 is 26.6 Å². The second-order valence-electron chi connectivity index (χ2n) is 1.74. The number of hydrogen-bond donors (Lipinski definition) is 0. The van der Waals surface area contributed by atoms with Crippen LogP contribution in [0.5, 0.6) is 0 Å². The first kappa shape index (κ1) is 14.6. The van der Waals surface area contributed by atoms with Crippen LogP contribution in [-0.4, -0.2) is 26.6 Å². The van der Waals surface area contributed by atoms with Gasteiger partial charge in [0.05, 0.1) is 0 Å². The van der Waals surface area contributed by atoms with Gasteiger partial charge in [-0.2, -0.15) is 19.4 Å². The lowest BCUT2D eigenvalue weighted by molar-refractivity contribution is -0.179. The topological polar surface area (TPSA) is 89.5 Å². The number of carbonyl (C=O) groups excluding carboxylic acids is 2. The van der Waals surface area contributed by atoms with Crippen molar-refractivity contribution in [2.45, 2.75) is 0 Å². The molecule has 0 unspecified atom stereocenters. The van der Waals surface area contributed by atoms with Crippen LogP contribution in [0.15, 0.2) is 0 Å². The van der Waals surface area contributed by atoms with Crippen molar-refractivity contribution in [3.63, 3.8) is 0 Å². The molecule has 0 aliphatic carbocycles. The van der Waals surface area contributed by atoms with Crippen LogP contribution in [0.1, 0.15) is 0 Å². The van der Waals surface area contributed by atoms with Gasteiger partial charge in [-0.1, -0.05) is 18.1 Å². The fraction of sp³-hybridized carbons (Fsp3) is 0. The van der Waals surface area contributed by atoms with E-state index in [-0.39, 0.29) is 0 Å². The standard InChI is InChI=1S/C2B2F4O8/c5-13-3(14-6)11-1(9)2(10)12-4(15-7)16-8. The van der Waals surface area contributed by atoms with E-state index in [4.69, 9.17) is 0 Å². The van der Waals surface area contributed by atoms with Gasteiger partial charge in [-0.3, -0.25) is 0 Å².